The summed E-state index contributed by atoms with van der Waals surface area (Å²) in [4.78, 5) is 10.2. The summed E-state index contributed by atoms with van der Waals surface area (Å²) in [6.45, 7) is 2.36. The van der Waals surface area contributed by atoms with Gasteiger partial charge in [0.2, 0.25) is 0 Å². The highest BCUT2D eigenvalue weighted by Gasteiger charge is 2.00. The number of nitrogens with one attached hydrogen (secondary N) is 1. The van der Waals surface area contributed by atoms with Crippen molar-refractivity contribution in [3.8, 4) is 0 Å². The number of aliphatic carboxylic acids is 1. The minimum atomic E-state index is -0.952. The van der Waals surface area contributed by atoms with Crippen LogP contribution in [0.25, 0.3) is 0 Å². The van der Waals surface area contributed by atoms with E-state index in [1.807, 2.05) is 25.1 Å². The lowest BCUT2D eigenvalue weighted by Crippen LogP contribution is -2.00. The number of hydrogen-bond donors (Lipinski definition) is 2. The summed E-state index contributed by atoms with van der Waals surface area (Å²) in [7, 11) is 0. The molecule has 0 saturated carbocycles. The minimum absolute atomic E-state index is 0.440. The smallest absolute Gasteiger partial charge is 0.328 e. The molecule has 1 aromatic rings. The zero-order chi connectivity index (χ0) is 11.3. The quantitative estimate of drug-likeness (QED) is 0.775. The molecule has 0 heterocycles. The van der Waals surface area contributed by atoms with Crippen LogP contribution in [0, 0.1) is 6.92 Å². The number of carbonyl (C=O) groups is 1. The van der Waals surface area contributed by atoms with Gasteiger partial charge in [0.05, 0.1) is 10.7 Å². The Kier molecular flexibility index (Phi) is 4.18. The van der Waals surface area contributed by atoms with E-state index in [0.717, 1.165) is 17.3 Å². The summed E-state index contributed by atoms with van der Waals surface area (Å²) in [5, 5.41) is 12.1. The molecule has 15 heavy (non-hydrogen) atoms. The average molecular weight is 226 g/mol. The Morgan fingerprint density at radius 2 is 2.33 bits per heavy atom. The van der Waals surface area contributed by atoms with Gasteiger partial charge in [-0.15, -0.1) is 0 Å². The van der Waals surface area contributed by atoms with E-state index in [-0.39, 0.29) is 0 Å². The van der Waals surface area contributed by atoms with E-state index in [4.69, 9.17) is 16.7 Å². The predicted molar refractivity (Wildman–Crippen MR) is 61.5 cm³/mol. The Balaban J connectivity index is 2.58. The second kappa shape index (κ2) is 5.41. The molecule has 0 saturated heterocycles. The van der Waals surface area contributed by atoms with Crippen molar-refractivity contribution in [3.63, 3.8) is 0 Å². The van der Waals surface area contributed by atoms with Crippen LogP contribution in [0.1, 0.15) is 5.56 Å². The Morgan fingerprint density at radius 1 is 1.60 bits per heavy atom. The SMILES string of the molecule is Cc1cccc(NC/C=C/C(=O)O)c1Cl. The fraction of sp³-hybridized carbons (Fsp3) is 0.182. The van der Waals surface area contributed by atoms with Crippen molar-refractivity contribution in [2.75, 3.05) is 11.9 Å². The number of hydrogen-bond acceptors (Lipinski definition) is 2. The third-order valence-corrected chi connectivity index (χ3v) is 2.36. The molecule has 0 atom stereocenters. The monoisotopic (exact) mass is 225 g/mol. The van der Waals surface area contributed by atoms with E-state index in [0.29, 0.717) is 11.6 Å². The van der Waals surface area contributed by atoms with Crippen LogP contribution < -0.4 is 5.32 Å². The molecule has 80 valence electrons. The average Bonchev–Trinajstić information content (AvgIpc) is 2.18. The van der Waals surface area contributed by atoms with Crippen LogP contribution in [0.5, 0.6) is 0 Å². The first kappa shape index (κ1) is 11.6. The molecule has 1 rings (SSSR count). The molecule has 0 aliphatic heterocycles. The Bertz CT molecular complexity index is 388. The summed E-state index contributed by atoms with van der Waals surface area (Å²) < 4.78 is 0. The second-order valence-corrected chi connectivity index (χ2v) is 3.44. The summed E-state index contributed by atoms with van der Waals surface area (Å²) in [5.41, 5.74) is 1.80. The van der Waals surface area contributed by atoms with Crippen LogP contribution >= 0.6 is 11.6 Å². The van der Waals surface area contributed by atoms with Gasteiger partial charge < -0.3 is 10.4 Å². The van der Waals surface area contributed by atoms with Crippen molar-refractivity contribution in [3.05, 3.63) is 40.9 Å². The number of anilines is 1. The lowest BCUT2D eigenvalue weighted by Gasteiger charge is -2.07. The highest BCUT2D eigenvalue weighted by Crippen LogP contribution is 2.24. The molecule has 0 aliphatic rings. The number of benzene rings is 1. The van der Waals surface area contributed by atoms with Crippen molar-refractivity contribution in [2.24, 2.45) is 0 Å². The second-order valence-electron chi connectivity index (χ2n) is 3.06. The van der Waals surface area contributed by atoms with Crippen molar-refractivity contribution < 1.29 is 9.90 Å². The maximum absolute atomic E-state index is 10.2. The summed E-state index contributed by atoms with van der Waals surface area (Å²) in [5.74, 6) is -0.952. The number of rotatable bonds is 4. The van der Waals surface area contributed by atoms with Gasteiger partial charge in [-0.2, -0.15) is 0 Å². The molecule has 0 bridgehead atoms. The molecule has 0 unspecified atom stereocenters. The van der Waals surface area contributed by atoms with Gasteiger partial charge >= 0.3 is 5.97 Å². The van der Waals surface area contributed by atoms with E-state index in [1.165, 1.54) is 6.08 Å². The van der Waals surface area contributed by atoms with E-state index in [1.54, 1.807) is 0 Å². The topological polar surface area (TPSA) is 49.3 Å². The maximum Gasteiger partial charge on any atom is 0.328 e. The Morgan fingerprint density at radius 3 is 3.00 bits per heavy atom. The summed E-state index contributed by atoms with van der Waals surface area (Å²) in [6, 6.07) is 5.66. The predicted octanol–water partition coefficient (Wildman–Crippen LogP) is 2.70. The standard InChI is InChI=1S/C11H12ClNO2/c1-8-4-2-5-9(11(8)12)13-7-3-6-10(14)15/h2-6,13H,7H2,1H3,(H,14,15)/b6-3+. The summed E-state index contributed by atoms with van der Waals surface area (Å²) in [6.07, 6.45) is 2.62. The van der Waals surface area contributed by atoms with Gasteiger partial charge in [0.1, 0.15) is 0 Å². The first-order valence-corrected chi connectivity index (χ1v) is 4.87. The van der Waals surface area contributed by atoms with Crippen LogP contribution in [0.4, 0.5) is 5.69 Å². The first-order valence-electron chi connectivity index (χ1n) is 4.49. The highest BCUT2D eigenvalue weighted by molar-refractivity contribution is 6.34. The van der Waals surface area contributed by atoms with Gasteiger partial charge in [-0.25, -0.2) is 4.79 Å². The Labute approximate surface area is 93.4 Å². The largest absolute Gasteiger partial charge is 0.478 e. The first-order chi connectivity index (χ1) is 7.11. The fourth-order valence-corrected chi connectivity index (χ4v) is 1.31. The van der Waals surface area contributed by atoms with Crippen molar-refractivity contribution in [2.45, 2.75) is 6.92 Å². The van der Waals surface area contributed by atoms with Gasteiger partial charge in [0, 0.05) is 12.6 Å². The molecule has 0 spiro atoms. The van der Waals surface area contributed by atoms with E-state index < -0.39 is 5.97 Å². The molecular weight excluding hydrogens is 214 g/mol. The minimum Gasteiger partial charge on any atom is -0.478 e. The Hall–Kier alpha value is -1.48. The van der Waals surface area contributed by atoms with Gasteiger partial charge in [0.25, 0.3) is 0 Å². The van der Waals surface area contributed by atoms with Crippen LogP contribution in [0.3, 0.4) is 0 Å². The molecule has 1 aromatic carbocycles. The normalized spacial score (nSPS) is 10.5. The van der Waals surface area contributed by atoms with E-state index in [2.05, 4.69) is 5.32 Å². The number of halogens is 1. The molecular formula is C11H12ClNO2. The highest BCUT2D eigenvalue weighted by atomic mass is 35.5. The molecule has 2 N–H and O–H groups in total. The van der Waals surface area contributed by atoms with Crippen LogP contribution in [-0.2, 0) is 4.79 Å². The molecule has 3 nitrogen and oxygen atoms in total. The van der Waals surface area contributed by atoms with Crippen molar-refractivity contribution in [1.29, 1.82) is 0 Å². The number of carboxylic acid groups (broad SMARTS) is 1. The maximum atomic E-state index is 10.2. The van der Waals surface area contributed by atoms with Crippen molar-refractivity contribution >= 4 is 23.3 Å². The van der Waals surface area contributed by atoms with Gasteiger partial charge in [0.15, 0.2) is 0 Å². The van der Waals surface area contributed by atoms with Gasteiger partial charge in [-0.05, 0) is 18.6 Å². The molecule has 0 amide bonds. The number of carboxylic acids is 1. The van der Waals surface area contributed by atoms with Gasteiger partial charge in [-0.3, -0.25) is 0 Å². The molecule has 0 aromatic heterocycles. The zero-order valence-corrected chi connectivity index (χ0v) is 9.08. The van der Waals surface area contributed by atoms with Crippen LogP contribution in [0.15, 0.2) is 30.4 Å². The van der Waals surface area contributed by atoms with Crippen LogP contribution in [-0.4, -0.2) is 17.6 Å². The van der Waals surface area contributed by atoms with Crippen LogP contribution in [0.2, 0.25) is 5.02 Å². The molecule has 0 aliphatic carbocycles. The third-order valence-electron chi connectivity index (χ3n) is 1.86. The van der Waals surface area contributed by atoms with Gasteiger partial charge in [-0.1, -0.05) is 29.8 Å². The molecule has 4 heteroatoms. The van der Waals surface area contributed by atoms with E-state index in [9.17, 15) is 4.79 Å². The lowest BCUT2D eigenvalue weighted by atomic mass is 10.2. The third kappa shape index (κ3) is 3.64. The number of aryl methyl sites for hydroxylation is 1. The summed E-state index contributed by atoms with van der Waals surface area (Å²) >= 11 is 6.03. The lowest BCUT2D eigenvalue weighted by molar-refractivity contribution is -0.131. The van der Waals surface area contributed by atoms with E-state index >= 15 is 0 Å². The zero-order valence-electron chi connectivity index (χ0n) is 8.33. The fourth-order valence-electron chi connectivity index (χ4n) is 1.11. The molecule has 0 radical (unpaired) electrons. The molecule has 0 fully saturated rings. The van der Waals surface area contributed by atoms with Crippen molar-refractivity contribution in [1.82, 2.24) is 0 Å².